The number of anilines is 9. The molecule has 0 saturated heterocycles. The minimum atomic E-state index is -3.27. The quantitative estimate of drug-likeness (QED) is 0.101. The van der Waals surface area contributed by atoms with E-state index in [1.807, 2.05) is 11.3 Å². The van der Waals surface area contributed by atoms with Gasteiger partial charge in [-0.1, -0.05) is 256 Å². The van der Waals surface area contributed by atoms with Gasteiger partial charge in [0.05, 0.1) is 11.4 Å². The smallest absolute Gasteiger partial charge is 0.264 e. The molecule has 0 radical (unpaired) electrons. The Hall–Kier alpha value is -9.92. The van der Waals surface area contributed by atoms with Crippen LogP contribution in [0.15, 0.2) is 290 Å². The highest BCUT2D eigenvalue weighted by atomic mass is 32.1. The maximum Gasteiger partial charge on any atom is 0.264 e. The summed E-state index contributed by atoms with van der Waals surface area (Å²) in [5.41, 5.74) is 20.5. The molecular formula is C86H74BN3OSSi. The second kappa shape index (κ2) is 22.2. The molecule has 2 aliphatic heterocycles. The maximum absolute atomic E-state index is 6.70. The minimum absolute atomic E-state index is 0.0304. The molecule has 0 bridgehead atoms. The summed E-state index contributed by atoms with van der Waals surface area (Å²) in [6.07, 6.45) is 0. The van der Waals surface area contributed by atoms with E-state index in [-0.39, 0.29) is 23.0 Å². The van der Waals surface area contributed by atoms with Gasteiger partial charge < -0.3 is 19.1 Å². The van der Waals surface area contributed by atoms with Crippen molar-refractivity contribution in [2.24, 2.45) is 0 Å². The lowest BCUT2D eigenvalue weighted by atomic mass is 9.36. The fourth-order valence-corrected chi connectivity index (χ4v) is 21.0. The number of hydrogen-bond acceptors (Lipinski definition) is 5. The van der Waals surface area contributed by atoms with Crippen molar-refractivity contribution in [3.05, 3.63) is 302 Å². The Morgan fingerprint density at radius 3 is 1.53 bits per heavy atom. The third-order valence-corrected chi connectivity index (χ3v) is 25.6. The largest absolute Gasteiger partial charge is 0.456 e. The lowest BCUT2D eigenvalue weighted by Gasteiger charge is -2.45. The molecule has 16 rings (SSSR count). The SMILES string of the molecule is CC(C)(C)c1ccc(N(c2ccc3c(c2)N(c2ccc4oc5ccccc5c4c2)c2cc([Si](c4ccccc4)(c4ccccc4)c4ccccc4)cc4c2B3c2sc3ccc(C(C)(C)C)cc3c2N4c2ccc(C(C)(C)C)cc2)c2ccccc2-c2ccccc2)cc1. The van der Waals surface area contributed by atoms with Crippen LogP contribution in [0, 0.1) is 0 Å². The van der Waals surface area contributed by atoms with E-state index in [1.165, 1.54) is 74.6 Å². The molecule has 93 heavy (non-hydrogen) atoms. The highest BCUT2D eigenvalue weighted by Crippen LogP contribution is 2.51. The number of benzene rings is 12. The molecular weight excluding hydrogens is 1160 g/mol. The second-order valence-corrected chi connectivity index (χ2v) is 33.4. The number of rotatable bonds is 10. The summed E-state index contributed by atoms with van der Waals surface area (Å²) >= 11 is 1.96. The molecule has 4 nitrogen and oxygen atoms in total. The van der Waals surface area contributed by atoms with Gasteiger partial charge in [0.2, 0.25) is 0 Å². The third-order valence-electron chi connectivity index (χ3n) is 19.7. The van der Waals surface area contributed by atoms with Gasteiger partial charge in [-0.15, -0.1) is 11.3 Å². The van der Waals surface area contributed by atoms with Crippen LogP contribution in [0.25, 0.3) is 43.2 Å². The molecule has 0 N–H and O–H groups in total. The Labute approximate surface area is 552 Å². The van der Waals surface area contributed by atoms with Crippen molar-refractivity contribution in [1.29, 1.82) is 0 Å². The zero-order valence-corrected chi connectivity index (χ0v) is 56.2. The topological polar surface area (TPSA) is 22.9 Å². The summed E-state index contributed by atoms with van der Waals surface area (Å²) in [5.74, 6) is 0. The van der Waals surface area contributed by atoms with Crippen molar-refractivity contribution in [2.45, 2.75) is 78.6 Å². The van der Waals surface area contributed by atoms with Crippen LogP contribution in [-0.4, -0.2) is 14.8 Å². The van der Waals surface area contributed by atoms with E-state index in [1.54, 1.807) is 0 Å². The molecule has 2 aliphatic rings. The molecule has 4 heterocycles. The first-order valence-electron chi connectivity index (χ1n) is 32.8. The number of nitrogens with zero attached hydrogens (tertiary/aromatic N) is 3. The number of hydrogen-bond donors (Lipinski definition) is 0. The number of fused-ring (bicyclic) bond motifs is 9. The van der Waals surface area contributed by atoms with Crippen LogP contribution in [-0.2, 0) is 16.2 Å². The van der Waals surface area contributed by atoms with Crippen molar-refractivity contribution < 1.29 is 4.42 Å². The van der Waals surface area contributed by atoms with E-state index in [2.05, 4.69) is 362 Å². The normalized spacial score (nSPS) is 13.2. The van der Waals surface area contributed by atoms with Gasteiger partial charge >= 0.3 is 0 Å². The molecule has 0 atom stereocenters. The Kier molecular flexibility index (Phi) is 13.9. The van der Waals surface area contributed by atoms with Crippen LogP contribution in [0.1, 0.15) is 79.0 Å². The summed E-state index contributed by atoms with van der Waals surface area (Å²) in [6, 6.07) is 108. The summed E-state index contributed by atoms with van der Waals surface area (Å²) in [5, 5.41) is 8.70. The van der Waals surface area contributed by atoms with Crippen LogP contribution >= 0.6 is 11.3 Å². The first-order chi connectivity index (χ1) is 45.0. The predicted molar refractivity (Wildman–Crippen MR) is 403 cm³/mol. The van der Waals surface area contributed by atoms with E-state index in [9.17, 15) is 0 Å². The fraction of sp³-hybridized carbons (Fsp3) is 0.140. The maximum atomic E-state index is 6.70. The lowest BCUT2D eigenvalue weighted by Crippen LogP contribution is -2.75. The predicted octanol–water partition coefficient (Wildman–Crippen LogP) is 19.3. The molecule has 12 aromatic carbocycles. The number of thiophene rings is 1. The van der Waals surface area contributed by atoms with Gasteiger partial charge in [0.15, 0.2) is 8.07 Å². The molecule has 14 aromatic rings. The summed E-state index contributed by atoms with van der Waals surface area (Å²) in [6.45, 7) is 20.7. The average molecular weight is 1240 g/mol. The van der Waals surface area contributed by atoms with Gasteiger partial charge in [-0.3, -0.25) is 0 Å². The molecule has 452 valence electrons. The van der Waals surface area contributed by atoms with Gasteiger partial charge in [-0.25, -0.2) is 0 Å². The van der Waals surface area contributed by atoms with Crippen molar-refractivity contribution in [1.82, 2.24) is 0 Å². The highest BCUT2D eigenvalue weighted by Gasteiger charge is 2.49. The van der Waals surface area contributed by atoms with Gasteiger partial charge in [-0.05, 0) is 161 Å². The van der Waals surface area contributed by atoms with E-state index in [4.69, 9.17) is 4.42 Å². The average Bonchev–Trinajstić information content (AvgIpc) is 1.63. The summed E-state index contributed by atoms with van der Waals surface area (Å²) < 4.78 is 9.31. The molecule has 0 unspecified atom stereocenters. The second-order valence-electron chi connectivity index (χ2n) is 28.5. The highest BCUT2D eigenvalue weighted by molar-refractivity contribution is 7.33. The van der Waals surface area contributed by atoms with Gasteiger partial charge in [0.1, 0.15) is 11.2 Å². The van der Waals surface area contributed by atoms with E-state index < -0.39 is 8.07 Å². The van der Waals surface area contributed by atoms with Crippen LogP contribution in [0.5, 0.6) is 0 Å². The zero-order valence-electron chi connectivity index (χ0n) is 54.4. The van der Waals surface area contributed by atoms with E-state index in [0.29, 0.717) is 0 Å². The Balaban J connectivity index is 1.07. The van der Waals surface area contributed by atoms with Crippen LogP contribution in [0.3, 0.4) is 0 Å². The van der Waals surface area contributed by atoms with E-state index >= 15 is 0 Å². The molecule has 0 spiro atoms. The van der Waals surface area contributed by atoms with Gasteiger partial charge in [0.25, 0.3) is 6.71 Å². The van der Waals surface area contributed by atoms with Crippen LogP contribution in [0.4, 0.5) is 51.2 Å². The Morgan fingerprint density at radius 2 is 0.903 bits per heavy atom. The fourth-order valence-electron chi connectivity index (χ4n) is 14.9. The van der Waals surface area contributed by atoms with Crippen molar-refractivity contribution in [2.75, 3.05) is 14.7 Å². The monoisotopic (exact) mass is 1240 g/mol. The molecule has 0 aliphatic carbocycles. The molecule has 0 fully saturated rings. The standard InChI is InChI=1S/C86H74BN3OSSi/c1-84(2,3)58-38-43-61(44-39-58)88(74-36-24-22-34-69(74)57-26-14-10-15-27-57)64-47-49-73-75(54-64)89(63-48-50-79-71(53-63)70-35-23-25-37-78(70)91-79)76-55-68(93(65-28-16-11-17-29-65,66-30-18-12-19-31-66)67-32-20-13-21-33-67)56-77-81(76)87(73)83-82(72-52-60(86(7,8)9)42-51-80(72)92-83)90(77)62-45-40-59(41-46-62)85(4,5)6/h10-56H,1-9H3. The molecule has 0 amide bonds. The summed E-state index contributed by atoms with van der Waals surface area (Å²) in [4.78, 5) is 7.82. The molecule has 2 aromatic heterocycles. The van der Waals surface area contributed by atoms with Gasteiger partial charge in [-0.2, -0.15) is 0 Å². The Bertz CT molecular complexity index is 5060. The van der Waals surface area contributed by atoms with E-state index in [0.717, 1.165) is 72.9 Å². The third kappa shape index (κ3) is 9.69. The first-order valence-corrected chi connectivity index (χ1v) is 35.6. The molecule has 0 saturated carbocycles. The lowest BCUT2D eigenvalue weighted by molar-refractivity contribution is 0.590. The molecule has 7 heteroatoms. The van der Waals surface area contributed by atoms with Gasteiger partial charge in [0, 0.05) is 71.0 Å². The zero-order chi connectivity index (χ0) is 63.5. The summed E-state index contributed by atoms with van der Waals surface area (Å²) in [7, 11) is -3.27. The Morgan fingerprint density at radius 1 is 0.387 bits per heavy atom. The first kappa shape index (κ1) is 58.2. The minimum Gasteiger partial charge on any atom is -0.456 e. The number of furan rings is 1. The number of para-hydroxylation sites is 2. The van der Waals surface area contributed by atoms with Crippen molar-refractivity contribution in [3.63, 3.8) is 0 Å². The van der Waals surface area contributed by atoms with Crippen LogP contribution < -0.4 is 51.1 Å². The van der Waals surface area contributed by atoms with Crippen molar-refractivity contribution >= 4 is 146 Å². The van der Waals surface area contributed by atoms with Crippen molar-refractivity contribution in [3.8, 4) is 11.1 Å². The van der Waals surface area contributed by atoms with Crippen LogP contribution in [0.2, 0.25) is 0 Å².